The predicted molar refractivity (Wildman–Crippen MR) is 78.7 cm³/mol. The van der Waals surface area contributed by atoms with Crippen LogP contribution in [0.4, 0.5) is 0 Å². The highest BCUT2D eigenvalue weighted by Crippen LogP contribution is 2.33. The maximum Gasteiger partial charge on any atom is 0.122 e. The Kier molecular flexibility index (Phi) is 4.07. The van der Waals surface area contributed by atoms with Gasteiger partial charge in [-0.2, -0.15) is 0 Å². The second-order valence-corrected chi connectivity index (χ2v) is 6.34. The van der Waals surface area contributed by atoms with Crippen molar-refractivity contribution < 1.29 is 4.74 Å². The van der Waals surface area contributed by atoms with E-state index >= 15 is 0 Å². The van der Waals surface area contributed by atoms with Crippen LogP contribution in [0.25, 0.3) is 0 Å². The molecule has 19 heavy (non-hydrogen) atoms. The lowest BCUT2D eigenvalue weighted by Crippen LogP contribution is -2.30. The average Bonchev–Trinajstić information content (AvgIpc) is 2.83. The number of ether oxygens (including phenoxy) is 1. The van der Waals surface area contributed by atoms with Gasteiger partial charge in [0.15, 0.2) is 0 Å². The van der Waals surface area contributed by atoms with Gasteiger partial charge in [0, 0.05) is 18.0 Å². The van der Waals surface area contributed by atoms with Crippen molar-refractivity contribution in [2.45, 2.75) is 38.5 Å². The van der Waals surface area contributed by atoms with Crippen molar-refractivity contribution in [3.8, 4) is 5.75 Å². The molecular weight excluding hydrogens is 234 g/mol. The van der Waals surface area contributed by atoms with Crippen LogP contribution >= 0.6 is 0 Å². The first-order chi connectivity index (χ1) is 9.33. The molecule has 1 aliphatic carbocycles. The van der Waals surface area contributed by atoms with Crippen LogP contribution in [0.1, 0.15) is 44.1 Å². The van der Waals surface area contributed by atoms with E-state index < -0.39 is 0 Å². The number of benzene rings is 1. The zero-order chi connectivity index (χ0) is 13.1. The summed E-state index contributed by atoms with van der Waals surface area (Å²) in [7, 11) is 0. The van der Waals surface area contributed by atoms with Gasteiger partial charge in [0.2, 0.25) is 0 Å². The molecule has 1 heterocycles. The molecule has 1 saturated carbocycles. The fourth-order valence-corrected chi connectivity index (χ4v) is 3.61. The second kappa shape index (κ2) is 5.96. The first kappa shape index (κ1) is 13.0. The standard InChI is InChI=1S/C17H25NO/c1-13-5-4-6-14(9-13)10-18-11-15-12-19-17-8-3-2-7-16(15)17/h2-3,7-8,13-15,18H,4-6,9-12H2,1H3. The molecule has 2 nitrogen and oxygen atoms in total. The first-order valence-electron chi connectivity index (χ1n) is 7.75. The van der Waals surface area contributed by atoms with Crippen molar-refractivity contribution in [3.05, 3.63) is 29.8 Å². The van der Waals surface area contributed by atoms with Crippen LogP contribution in [-0.4, -0.2) is 19.7 Å². The maximum absolute atomic E-state index is 5.73. The summed E-state index contributed by atoms with van der Waals surface area (Å²) in [5, 5.41) is 3.68. The number of fused-ring (bicyclic) bond motifs is 1. The SMILES string of the molecule is CC1CCCC(CNCC2COc3ccccc32)C1. The third-order valence-corrected chi connectivity index (χ3v) is 4.67. The Morgan fingerprint density at radius 1 is 1.21 bits per heavy atom. The Balaban J connectivity index is 1.46. The van der Waals surface area contributed by atoms with E-state index in [2.05, 4.69) is 36.5 Å². The van der Waals surface area contributed by atoms with Crippen LogP contribution in [0.2, 0.25) is 0 Å². The molecule has 0 radical (unpaired) electrons. The fourth-order valence-electron chi connectivity index (χ4n) is 3.61. The number of hydrogen-bond donors (Lipinski definition) is 1. The summed E-state index contributed by atoms with van der Waals surface area (Å²) in [6.45, 7) is 5.48. The summed E-state index contributed by atoms with van der Waals surface area (Å²) >= 11 is 0. The fraction of sp³-hybridized carbons (Fsp3) is 0.647. The highest BCUT2D eigenvalue weighted by molar-refractivity contribution is 5.39. The quantitative estimate of drug-likeness (QED) is 0.892. The molecule has 1 aromatic carbocycles. The predicted octanol–water partition coefficient (Wildman–Crippen LogP) is 3.58. The summed E-state index contributed by atoms with van der Waals surface area (Å²) in [6.07, 6.45) is 5.67. The zero-order valence-electron chi connectivity index (χ0n) is 11.9. The normalized spacial score (nSPS) is 29.8. The number of rotatable bonds is 4. The van der Waals surface area contributed by atoms with E-state index in [4.69, 9.17) is 4.74 Å². The summed E-state index contributed by atoms with van der Waals surface area (Å²) in [6, 6.07) is 8.46. The van der Waals surface area contributed by atoms with Gasteiger partial charge >= 0.3 is 0 Å². The van der Waals surface area contributed by atoms with Crippen LogP contribution in [0, 0.1) is 11.8 Å². The molecule has 1 aromatic rings. The van der Waals surface area contributed by atoms with Gasteiger partial charge in [-0.3, -0.25) is 0 Å². The lowest BCUT2D eigenvalue weighted by molar-refractivity contribution is 0.269. The van der Waals surface area contributed by atoms with Crippen LogP contribution in [-0.2, 0) is 0 Å². The zero-order valence-corrected chi connectivity index (χ0v) is 11.9. The molecule has 1 aliphatic heterocycles. The van der Waals surface area contributed by atoms with Crippen molar-refractivity contribution in [3.63, 3.8) is 0 Å². The summed E-state index contributed by atoms with van der Waals surface area (Å²) in [5.41, 5.74) is 1.38. The Morgan fingerprint density at radius 3 is 3.00 bits per heavy atom. The van der Waals surface area contributed by atoms with Gasteiger partial charge in [-0.1, -0.05) is 38.0 Å². The number of nitrogens with one attached hydrogen (secondary N) is 1. The Bertz CT molecular complexity index is 417. The Morgan fingerprint density at radius 2 is 2.11 bits per heavy atom. The largest absolute Gasteiger partial charge is 0.493 e. The first-order valence-corrected chi connectivity index (χ1v) is 7.75. The van der Waals surface area contributed by atoms with Crippen LogP contribution in [0.15, 0.2) is 24.3 Å². The lowest BCUT2D eigenvalue weighted by Gasteiger charge is -2.27. The van der Waals surface area contributed by atoms with Gasteiger partial charge in [-0.15, -0.1) is 0 Å². The van der Waals surface area contributed by atoms with Gasteiger partial charge in [-0.05, 0) is 37.3 Å². The molecule has 2 heteroatoms. The van der Waals surface area contributed by atoms with Gasteiger partial charge in [0.1, 0.15) is 5.75 Å². The molecule has 1 fully saturated rings. The molecule has 0 saturated heterocycles. The summed E-state index contributed by atoms with van der Waals surface area (Å²) < 4.78 is 5.73. The molecule has 3 unspecified atom stereocenters. The van der Waals surface area contributed by atoms with Crippen molar-refractivity contribution in [2.24, 2.45) is 11.8 Å². The third kappa shape index (κ3) is 3.11. The summed E-state index contributed by atoms with van der Waals surface area (Å²) in [5.74, 6) is 3.44. The topological polar surface area (TPSA) is 21.3 Å². The minimum Gasteiger partial charge on any atom is -0.493 e. The van der Waals surface area contributed by atoms with Gasteiger partial charge in [0.25, 0.3) is 0 Å². The van der Waals surface area contributed by atoms with Gasteiger partial charge in [0.05, 0.1) is 6.61 Å². The smallest absolute Gasteiger partial charge is 0.122 e. The molecule has 0 amide bonds. The van der Waals surface area contributed by atoms with Crippen molar-refractivity contribution in [2.75, 3.05) is 19.7 Å². The minimum absolute atomic E-state index is 0.539. The van der Waals surface area contributed by atoms with Crippen LogP contribution in [0.3, 0.4) is 0 Å². The molecule has 0 bridgehead atoms. The molecular formula is C17H25NO. The number of hydrogen-bond acceptors (Lipinski definition) is 2. The minimum atomic E-state index is 0.539. The Hall–Kier alpha value is -1.02. The lowest BCUT2D eigenvalue weighted by atomic mass is 9.82. The molecule has 0 aromatic heterocycles. The molecule has 3 atom stereocenters. The van der Waals surface area contributed by atoms with E-state index in [9.17, 15) is 0 Å². The molecule has 3 rings (SSSR count). The van der Waals surface area contributed by atoms with E-state index in [-0.39, 0.29) is 0 Å². The highest BCUT2D eigenvalue weighted by Gasteiger charge is 2.24. The average molecular weight is 259 g/mol. The van der Waals surface area contributed by atoms with E-state index in [1.807, 2.05) is 0 Å². The highest BCUT2D eigenvalue weighted by atomic mass is 16.5. The summed E-state index contributed by atoms with van der Waals surface area (Å²) in [4.78, 5) is 0. The van der Waals surface area contributed by atoms with E-state index in [1.54, 1.807) is 0 Å². The van der Waals surface area contributed by atoms with E-state index in [0.717, 1.165) is 30.7 Å². The number of para-hydroxylation sites is 1. The third-order valence-electron chi connectivity index (χ3n) is 4.67. The Labute approximate surface area is 116 Å². The van der Waals surface area contributed by atoms with Crippen LogP contribution in [0.5, 0.6) is 5.75 Å². The van der Waals surface area contributed by atoms with Crippen molar-refractivity contribution in [1.29, 1.82) is 0 Å². The van der Waals surface area contributed by atoms with E-state index in [1.165, 1.54) is 37.8 Å². The maximum atomic E-state index is 5.73. The van der Waals surface area contributed by atoms with Gasteiger partial charge < -0.3 is 10.1 Å². The molecule has 1 N–H and O–H groups in total. The van der Waals surface area contributed by atoms with Crippen LogP contribution < -0.4 is 10.1 Å². The van der Waals surface area contributed by atoms with E-state index in [0.29, 0.717) is 5.92 Å². The second-order valence-electron chi connectivity index (χ2n) is 6.34. The monoisotopic (exact) mass is 259 g/mol. The van der Waals surface area contributed by atoms with Crippen molar-refractivity contribution >= 4 is 0 Å². The van der Waals surface area contributed by atoms with Gasteiger partial charge in [-0.25, -0.2) is 0 Å². The molecule has 0 spiro atoms. The molecule has 2 aliphatic rings. The molecule has 104 valence electrons. The van der Waals surface area contributed by atoms with Crippen molar-refractivity contribution in [1.82, 2.24) is 5.32 Å².